The van der Waals surface area contributed by atoms with Gasteiger partial charge < -0.3 is 20.2 Å². The summed E-state index contributed by atoms with van der Waals surface area (Å²) in [4.78, 5) is 15.5. The van der Waals surface area contributed by atoms with Crippen LogP contribution in [-0.4, -0.2) is 40.5 Å². The number of hydrogen-bond acceptors (Lipinski definition) is 6. The summed E-state index contributed by atoms with van der Waals surface area (Å²) in [6.45, 7) is 1.05. The van der Waals surface area contributed by atoms with Gasteiger partial charge in [0, 0.05) is 23.9 Å². The summed E-state index contributed by atoms with van der Waals surface area (Å²) in [6.07, 6.45) is 4.02. The van der Waals surface area contributed by atoms with Gasteiger partial charge in [-0.2, -0.15) is 4.31 Å². The van der Waals surface area contributed by atoms with Crippen molar-refractivity contribution in [3.63, 3.8) is 0 Å². The average molecular weight is 647 g/mol. The van der Waals surface area contributed by atoms with Crippen LogP contribution in [0.3, 0.4) is 0 Å². The van der Waals surface area contributed by atoms with Crippen molar-refractivity contribution in [3.05, 3.63) is 125 Å². The number of nitrogens with zero attached hydrogens (tertiary/aromatic N) is 2. The Morgan fingerprint density at radius 3 is 2.20 bits per heavy atom. The van der Waals surface area contributed by atoms with Gasteiger partial charge in [-0.25, -0.2) is 12.8 Å². The lowest BCUT2D eigenvalue weighted by molar-refractivity contribution is -0.119. The van der Waals surface area contributed by atoms with E-state index in [1.165, 1.54) is 78.3 Å². The van der Waals surface area contributed by atoms with Gasteiger partial charge in [-0.15, -0.1) is 0 Å². The third-order valence-electron chi connectivity index (χ3n) is 8.52. The van der Waals surface area contributed by atoms with Crippen LogP contribution in [0.5, 0.6) is 5.75 Å². The Kier molecular flexibility index (Phi) is 10.5. The van der Waals surface area contributed by atoms with Crippen molar-refractivity contribution in [1.29, 1.82) is 0 Å². The monoisotopic (exact) mass is 646 g/mol. The molecule has 0 radical (unpaired) electrons. The number of amides is 1. The van der Waals surface area contributed by atoms with Crippen LogP contribution in [0.25, 0.3) is 0 Å². The number of aliphatic hydroxyl groups is 2. The Morgan fingerprint density at radius 2 is 1.57 bits per heavy atom. The lowest BCUT2D eigenvalue weighted by atomic mass is 9.84. The van der Waals surface area contributed by atoms with E-state index >= 15 is 0 Å². The standard InChI is InChI=1S/C36H39FN2O6S/c1-25-10-17-32(18-11-25)46(44,45)38(22-27-6-5-9-30(37)20-27)24-35(41)39(31-16-19-33(36(42)43)34(40)21-31)23-26-12-14-29(15-13-26)28-7-3-2-4-8-28/h5-6,9-21,28,36,40,42-43H,2-4,7-8,22-24H2,1H3. The van der Waals surface area contributed by atoms with E-state index < -0.39 is 40.3 Å². The zero-order valence-electron chi connectivity index (χ0n) is 25.7. The number of phenols is 1. The highest BCUT2D eigenvalue weighted by atomic mass is 32.2. The number of hydrogen-bond donors (Lipinski definition) is 3. The molecule has 0 aromatic heterocycles. The summed E-state index contributed by atoms with van der Waals surface area (Å²) in [5, 5.41) is 29.8. The van der Waals surface area contributed by atoms with Crippen LogP contribution in [-0.2, 0) is 27.9 Å². The minimum Gasteiger partial charge on any atom is -0.507 e. The van der Waals surface area contributed by atoms with Crippen LogP contribution in [0.1, 0.15) is 72.1 Å². The molecule has 0 heterocycles. The lowest BCUT2D eigenvalue weighted by Crippen LogP contribution is -2.42. The Bertz CT molecular complexity index is 1750. The number of aromatic hydroxyl groups is 1. The van der Waals surface area contributed by atoms with E-state index in [2.05, 4.69) is 12.1 Å². The molecule has 0 saturated heterocycles. The molecule has 46 heavy (non-hydrogen) atoms. The molecule has 0 unspecified atom stereocenters. The van der Waals surface area contributed by atoms with Crippen LogP contribution in [0.2, 0.25) is 0 Å². The van der Waals surface area contributed by atoms with Crippen molar-refractivity contribution in [1.82, 2.24) is 4.31 Å². The number of phenolic OH excluding ortho intramolecular Hbond substituents is 1. The van der Waals surface area contributed by atoms with E-state index in [4.69, 9.17) is 0 Å². The smallest absolute Gasteiger partial charge is 0.243 e. The summed E-state index contributed by atoms with van der Waals surface area (Å²) in [5.74, 6) is -1.06. The Balaban J connectivity index is 1.49. The van der Waals surface area contributed by atoms with Gasteiger partial charge in [0.05, 0.1) is 18.0 Å². The van der Waals surface area contributed by atoms with Gasteiger partial charge in [0.2, 0.25) is 15.9 Å². The van der Waals surface area contributed by atoms with Gasteiger partial charge in [0.1, 0.15) is 11.6 Å². The summed E-state index contributed by atoms with van der Waals surface area (Å²) in [7, 11) is -4.21. The molecule has 0 aliphatic heterocycles. The molecule has 10 heteroatoms. The second-order valence-corrected chi connectivity index (χ2v) is 13.8. The number of aryl methyl sites for hydroxylation is 1. The molecule has 5 rings (SSSR count). The fourth-order valence-electron chi connectivity index (χ4n) is 5.92. The number of carbonyl (C=O) groups is 1. The predicted molar refractivity (Wildman–Crippen MR) is 174 cm³/mol. The van der Waals surface area contributed by atoms with Crippen molar-refractivity contribution in [2.24, 2.45) is 0 Å². The lowest BCUT2D eigenvalue weighted by Gasteiger charge is -2.28. The Hall–Kier alpha value is -4.09. The molecule has 0 spiro atoms. The van der Waals surface area contributed by atoms with E-state index in [0.717, 1.165) is 28.3 Å². The van der Waals surface area contributed by atoms with Gasteiger partial charge in [-0.05, 0) is 78.8 Å². The van der Waals surface area contributed by atoms with E-state index in [1.807, 2.05) is 19.1 Å². The van der Waals surface area contributed by atoms with Crippen molar-refractivity contribution in [3.8, 4) is 5.75 Å². The van der Waals surface area contributed by atoms with E-state index in [0.29, 0.717) is 11.5 Å². The third-order valence-corrected chi connectivity index (χ3v) is 10.3. The molecule has 4 aromatic carbocycles. The zero-order chi connectivity index (χ0) is 32.8. The first-order chi connectivity index (χ1) is 22.0. The van der Waals surface area contributed by atoms with E-state index in [9.17, 15) is 32.9 Å². The van der Waals surface area contributed by atoms with Gasteiger partial charge >= 0.3 is 0 Å². The summed E-state index contributed by atoms with van der Waals surface area (Å²) in [6, 6.07) is 23.9. The van der Waals surface area contributed by atoms with Gasteiger partial charge in [0.15, 0.2) is 6.29 Å². The highest BCUT2D eigenvalue weighted by molar-refractivity contribution is 7.89. The maximum Gasteiger partial charge on any atom is 0.243 e. The summed E-state index contributed by atoms with van der Waals surface area (Å²) >= 11 is 0. The predicted octanol–water partition coefficient (Wildman–Crippen LogP) is 6.29. The molecule has 1 aliphatic carbocycles. The molecule has 4 aromatic rings. The van der Waals surface area contributed by atoms with E-state index in [-0.39, 0.29) is 29.2 Å². The fourth-order valence-corrected chi connectivity index (χ4v) is 7.29. The number of sulfonamides is 1. The Labute approximate surface area is 269 Å². The average Bonchev–Trinajstić information content (AvgIpc) is 3.04. The minimum absolute atomic E-state index is 0.00825. The maximum atomic E-state index is 14.2. The number of benzene rings is 4. The molecule has 0 bridgehead atoms. The molecule has 0 atom stereocenters. The Morgan fingerprint density at radius 1 is 0.870 bits per heavy atom. The molecule has 1 fully saturated rings. The number of rotatable bonds is 11. The highest BCUT2D eigenvalue weighted by Gasteiger charge is 2.30. The zero-order valence-corrected chi connectivity index (χ0v) is 26.5. The molecular formula is C36H39FN2O6S. The summed E-state index contributed by atoms with van der Waals surface area (Å²) in [5.41, 5.74) is 3.36. The molecule has 8 nitrogen and oxygen atoms in total. The minimum atomic E-state index is -4.21. The van der Waals surface area contributed by atoms with Crippen molar-refractivity contribution in [2.45, 2.75) is 69.2 Å². The number of aliphatic hydroxyl groups excluding tert-OH is 1. The van der Waals surface area contributed by atoms with E-state index in [1.54, 1.807) is 18.2 Å². The number of anilines is 1. The molecular weight excluding hydrogens is 607 g/mol. The van der Waals surface area contributed by atoms with Crippen LogP contribution in [0, 0.1) is 12.7 Å². The first-order valence-electron chi connectivity index (χ1n) is 15.4. The maximum absolute atomic E-state index is 14.2. The fraction of sp³-hybridized carbons (Fsp3) is 0.306. The molecule has 3 N–H and O–H groups in total. The second kappa shape index (κ2) is 14.6. The van der Waals surface area contributed by atoms with Crippen molar-refractivity contribution < 1.29 is 32.9 Å². The van der Waals surface area contributed by atoms with Crippen LogP contribution in [0.15, 0.2) is 95.9 Å². The number of carbonyl (C=O) groups excluding carboxylic acids is 1. The summed E-state index contributed by atoms with van der Waals surface area (Å²) < 4.78 is 42.9. The van der Waals surface area contributed by atoms with Crippen LogP contribution >= 0.6 is 0 Å². The third kappa shape index (κ3) is 8.00. The second-order valence-electron chi connectivity index (χ2n) is 11.9. The van der Waals surface area contributed by atoms with Gasteiger partial charge in [-0.1, -0.05) is 73.4 Å². The topological polar surface area (TPSA) is 118 Å². The van der Waals surface area contributed by atoms with Gasteiger partial charge in [0.25, 0.3) is 0 Å². The van der Waals surface area contributed by atoms with Crippen molar-refractivity contribution >= 4 is 21.6 Å². The number of halogens is 1. The molecule has 1 amide bonds. The van der Waals surface area contributed by atoms with Crippen LogP contribution in [0.4, 0.5) is 10.1 Å². The van der Waals surface area contributed by atoms with Crippen LogP contribution < -0.4 is 4.90 Å². The first kappa shape index (κ1) is 33.3. The first-order valence-corrected chi connectivity index (χ1v) is 16.8. The largest absolute Gasteiger partial charge is 0.507 e. The highest BCUT2D eigenvalue weighted by Crippen LogP contribution is 2.34. The van der Waals surface area contributed by atoms with Crippen molar-refractivity contribution in [2.75, 3.05) is 11.4 Å². The molecule has 242 valence electrons. The quantitative estimate of drug-likeness (QED) is 0.165. The molecule has 1 aliphatic rings. The van der Waals surface area contributed by atoms with Gasteiger partial charge in [-0.3, -0.25) is 4.79 Å². The SMILES string of the molecule is Cc1ccc(S(=O)(=O)N(CC(=O)N(Cc2ccc(C3CCCCC3)cc2)c2ccc(C(O)O)c(O)c2)Cc2cccc(F)c2)cc1. The normalized spacial score (nSPS) is 14.1. The molecule has 1 saturated carbocycles.